The number of anilines is 1. The molecular weight excluding hydrogens is 398 g/mol. The van der Waals surface area contributed by atoms with Gasteiger partial charge in [0, 0.05) is 11.3 Å². The Morgan fingerprint density at radius 3 is 2.52 bits per heavy atom. The van der Waals surface area contributed by atoms with E-state index < -0.39 is 18.5 Å². The van der Waals surface area contributed by atoms with Gasteiger partial charge in [-0.25, -0.2) is 4.79 Å². The maximum atomic E-state index is 12.3. The Morgan fingerprint density at radius 1 is 1.10 bits per heavy atom. The number of benzene rings is 2. The van der Waals surface area contributed by atoms with Gasteiger partial charge in [-0.1, -0.05) is 30.7 Å². The number of hydrogen-bond acceptors (Lipinski definition) is 6. The fourth-order valence-corrected chi connectivity index (χ4v) is 2.67. The zero-order chi connectivity index (χ0) is 21.4. The molecule has 154 valence electrons. The van der Waals surface area contributed by atoms with E-state index in [1.165, 1.54) is 26.2 Å². The van der Waals surface area contributed by atoms with Crippen LogP contribution in [0.4, 0.5) is 5.69 Å². The Labute approximate surface area is 173 Å². The lowest BCUT2D eigenvalue weighted by molar-refractivity contribution is -0.119. The number of rotatable bonds is 9. The van der Waals surface area contributed by atoms with Gasteiger partial charge < -0.3 is 19.5 Å². The van der Waals surface area contributed by atoms with Crippen LogP contribution in [0.1, 0.15) is 41.0 Å². The minimum Gasteiger partial charge on any atom is -0.493 e. The van der Waals surface area contributed by atoms with Crippen LogP contribution < -0.4 is 14.8 Å². The van der Waals surface area contributed by atoms with Gasteiger partial charge in [-0.2, -0.15) is 0 Å². The summed E-state index contributed by atoms with van der Waals surface area (Å²) >= 11 is 6.18. The molecular formula is C21H22ClNO6. The van der Waals surface area contributed by atoms with E-state index in [0.717, 1.165) is 6.42 Å². The number of ether oxygens (including phenoxy) is 3. The van der Waals surface area contributed by atoms with Crippen LogP contribution in [0.15, 0.2) is 36.4 Å². The molecule has 0 aliphatic heterocycles. The highest BCUT2D eigenvalue weighted by Crippen LogP contribution is 2.36. The number of hydrogen-bond donors (Lipinski definition) is 1. The smallest absolute Gasteiger partial charge is 0.338 e. The third-order valence-electron chi connectivity index (χ3n) is 3.80. The number of methoxy groups -OCH3 is 1. The zero-order valence-electron chi connectivity index (χ0n) is 16.4. The van der Waals surface area contributed by atoms with Crippen molar-refractivity contribution >= 4 is 34.9 Å². The third-order valence-corrected chi connectivity index (χ3v) is 4.08. The Balaban J connectivity index is 2.01. The molecule has 0 fully saturated rings. The van der Waals surface area contributed by atoms with E-state index in [2.05, 4.69) is 5.32 Å². The van der Waals surface area contributed by atoms with Crippen LogP contribution in [0, 0.1) is 0 Å². The Kier molecular flexibility index (Phi) is 8.03. The van der Waals surface area contributed by atoms with E-state index in [1.807, 2.05) is 6.92 Å². The standard InChI is InChI=1S/C21H22ClNO6/c1-4-8-28-20-17(22)10-15(11-18(20)27-3)21(26)29-12-19(25)23-16-7-5-6-14(9-16)13(2)24/h5-7,9-11H,4,8,12H2,1-3H3,(H,23,25). The second kappa shape index (κ2) is 10.5. The Hall–Kier alpha value is -3.06. The number of Topliss-reactive ketones (excluding diaryl/α,β-unsaturated/α-hetero) is 1. The van der Waals surface area contributed by atoms with Crippen molar-refractivity contribution in [3.8, 4) is 11.5 Å². The second-order valence-corrected chi connectivity index (χ2v) is 6.51. The maximum absolute atomic E-state index is 12.3. The van der Waals surface area contributed by atoms with Gasteiger partial charge in [0.2, 0.25) is 0 Å². The summed E-state index contributed by atoms with van der Waals surface area (Å²) in [5.41, 5.74) is 1.02. The summed E-state index contributed by atoms with van der Waals surface area (Å²) in [5.74, 6) is -0.760. The summed E-state index contributed by atoms with van der Waals surface area (Å²) in [4.78, 5) is 35.7. The van der Waals surface area contributed by atoms with Gasteiger partial charge in [0.05, 0.1) is 24.3 Å². The van der Waals surface area contributed by atoms with Crippen molar-refractivity contribution in [1.82, 2.24) is 0 Å². The lowest BCUT2D eigenvalue weighted by Gasteiger charge is -2.13. The van der Waals surface area contributed by atoms with Crippen LogP contribution in [0.2, 0.25) is 5.02 Å². The number of ketones is 1. The molecule has 2 rings (SSSR count). The summed E-state index contributed by atoms with van der Waals surface area (Å²) in [5, 5.41) is 2.78. The van der Waals surface area contributed by atoms with Crippen molar-refractivity contribution in [2.24, 2.45) is 0 Å². The van der Waals surface area contributed by atoms with E-state index in [4.69, 9.17) is 25.8 Å². The number of nitrogens with one attached hydrogen (secondary N) is 1. The minimum absolute atomic E-state index is 0.121. The van der Waals surface area contributed by atoms with Gasteiger partial charge in [0.15, 0.2) is 23.9 Å². The fraction of sp³-hybridized carbons (Fsp3) is 0.286. The number of carbonyl (C=O) groups is 3. The number of amides is 1. The van der Waals surface area contributed by atoms with E-state index in [-0.39, 0.29) is 16.4 Å². The predicted molar refractivity (Wildman–Crippen MR) is 109 cm³/mol. The lowest BCUT2D eigenvalue weighted by Crippen LogP contribution is -2.21. The molecule has 0 aliphatic carbocycles. The van der Waals surface area contributed by atoms with Crippen molar-refractivity contribution in [3.05, 3.63) is 52.5 Å². The molecule has 0 aliphatic rings. The molecule has 29 heavy (non-hydrogen) atoms. The van der Waals surface area contributed by atoms with Gasteiger partial charge in [-0.05, 0) is 37.6 Å². The molecule has 0 unspecified atom stereocenters. The maximum Gasteiger partial charge on any atom is 0.338 e. The fourth-order valence-electron chi connectivity index (χ4n) is 2.41. The number of carbonyl (C=O) groups excluding carboxylic acids is 3. The highest BCUT2D eigenvalue weighted by molar-refractivity contribution is 6.32. The first-order valence-electron chi connectivity index (χ1n) is 8.94. The molecule has 0 spiro atoms. The average molecular weight is 420 g/mol. The van der Waals surface area contributed by atoms with Crippen molar-refractivity contribution in [3.63, 3.8) is 0 Å². The molecule has 8 heteroatoms. The summed E-state index contributed by atoms with van der Waals surface area (Å²) in [6.07, 6.45) is 0.785. The summed E-state index contributed by atoms with van der Waals surface area (Å²) in [6.45, 7) is 3.33. The van der Waals surface area contributed by atoms with Crippen molar-refractivity contribution in [2.45, 2.75) is 20.3 Å². The second-order valence-electron chi connectivity index (χ2n) is 6.10. The van der Waals surface area contributed by atoms with Crippen LogP contribution >= 0.6 is 11.6 Å². The minimum atomic E-state index is -0.736. The van der Waals surface area contributed by atoms with Crippen molar-refractivity contribution in [1.29, 1.82) is 0 Å². The van der Waals surface area contributed by atoms with Crippen LogP contribution in [0.3, 0.4) is 0 Å². The van der Waals surface area contributed by atoms with Crippen LogP contribution in [0.25, 0.3) is 0 Å². The van der Waals surface area contributed by atoms with Crippen molar-refractivity contribution < 1.29 is 28.6 Å². The molecule has 7 nitrogen and oxygen atoms in total. The molecule has 0 saturated heterocycles. The first-order chi connectivity index (χ1) is 13.8. The molecule has 1 N–H and O–H groups in total. The SMILES string of the molecule is CCCOc1c(Cl)cc(C(=O)OCC(=O)Nc2cccc(C(C)=O)c2)cc1OC. The first kappa shape index (κ1) is 22.2. The molecule has 0 heterocycles. The van der Waals surface area contributed by atoms with Gasteiger partial charge in [0.25, 0.3) is 5.91 Å². The van der Waals surface area contributed by atoms with Crippen molar-refractivity contribution in [2.75, 3.05) is 25.6 Å². The van der Waals surface area contributed by atoms with E-state index in [0.29, 0.717) is 29.4 Å². The third kappa shape index (κ3) is 6.22. The summed E-state index contributed by atoms with van der Waals surface area (Å²) in [7, 11) is 1.43. The molecule has 2 aromatic carbocycles. The number of halogens is 1. The molecule has 0 bridgehead atoms. The van der Waals surface area contributed by atoms with Crippen LogP contribution in [-0.4, -0.2) is 38.0 Å². The topological polar surface area (TPSA) is 90.9 Å². The summed E-state index contributed by atoms with van der Waals surface area (Å²) in [6, 6.07) is 9.30. The normalized spacial score (nSPS) is 10.2. The molecule has 0 aromatic heterocycles. The average Bonchev–Trinajstić information content (AvgIpc) is 2.70. The monoisotopic (exact) mass is 419 g/mol. The van der Waals surface area contributed by atoms with Gasteiger partial charge in [-0.15, -0.1) is 0 Å². The quantitative estimate of drug-likeness (QED) is 0.485. The van der Waals surface area contributed by atoms with Gasteiger partial charge in [0.1, 0.15) is 0 Å². The lowest BCUT2D eigenvalue weighted by atomic mass is 10.1. The molecule has 0 saturated carbocycles. The predicted octanol–water partition coefficient (Wildman–Crippen LogP) is 4.14. The molecule has 2 aromatic rings. The Bertz CT molecular complexity index is 912. The molecule has 0 atom stereocenters. The van der Waals surface area contributed by atoms with Gasteiger partial charge >= 0.3 is 5.97 Å². The van der Waals surface area contributed by atoms with Gasteiger partial charge in [-0.3, -0.25) is 9.59 Å². The zero-order valence-corrected chi connectivity index (χ0v) is 17.2. The van der Waals surface area contributed by atoms with E-state index in [1.54, 1.807) is 24.3 Å². The van der Waals surface area contributed by atoms with Crippen LogP contribution in [-0.2, 0) is 9.53 Å². The van der Waals surface area contributed by atoms with E-state index in [9.17, 15) is 14.4 Å². The first-order valence-corrected chi connectivity index (χ1v) is 9.31. The van der Waals surface area contributed by atoms with E-state index >= 15 is 0 Å². The Morgan fingerprint density at radius 2 is 1.86 bits per heavy atom. The molecule has 0 radical (unpaired) electrons. The molecule has 1 amide bonds. The van der Waals surface area contributed by atoms with Crippen LogP contribution in [0.5, 0.6) is 11.5 Å². The largest absolute Gasteiger partial charge is 0.493 e. The number of esters is 1. The highest BCUT2D eigenvalue weighted by atomic mass is 35.5. The summed E-state index contributed by atoms with van der Waals surface area (Å²) < 4.78 is 15.8. The highest BCUT2D eigenvalue weighted by Gasteiger charge is 2.18.